The molecule has 0 aliphatic rings. The number of rotatable bonds is 8. The SMILES string of the molecule is c1ccc(-c2cc(-c3ccccc3)nc(-c3ccccc3-c3c(-n4c5ccccc5c5cnccc54)c(-n4c5ccccc5c5cnccc54)nc(-n4c5ccccc5c5cnccc54)c3-n3c4ccccc4c4cnccc43)n2)cc1. The van der Waals surface area contributed by atoms with Gasteiger partial charge >= 0.3 is 0 Å². The lowest BCUT2D eigenvalue weighted by molar-refractivity contribution is 0.960. The molecule has 0 N–H and O–H groups in total. The lowest BCUT2D eigenvalue weighted by Gasteiger charge is -2.27. The Morgan fingerprint density at radius 2 is 0.573 bits per heavy atom. The normalized spacial score (nSPS) is 11.9. The number of para-hydroxylation sites is 4. The first-order valence-electron chi connectivity index (χ1n) is 27.3. The van der Waals surface area contributed by atoms with Crippen LogP contribution in [0, 0.1) is 0 Å². The quantitative estimate of drug-likeness (QED) is 0.149. The van der Waals surface area contributed by atoms with E-state index in [1.54, 1.807) is 0 Å². The largest absolute Gasteiger partial charge is 0.305 e. The van der Waals surface area contributed by atoms with Crippen LogP contribution in [0.3, 0.4) is 0 Å². The Bertz CT molecular complexity index is 4900. The van der Waals surface area contributed by atoms with Gasteiger partial charge in [-0.05, 0) is 60.2 Å². The van der Waals surface area contributed by atoms with Gasteiger partial charge in [-0.15, -0.1) is 0 Å². The smallest absolute Gasteiger partial charge is 0.165 e. The van der Waals surface area contributed by atoms with Crippen molar-refractivity contribution in [3.05, 3.63) is 262 Å². The molecule has 382 valence electrons. The summed E-state index contributed by atoms with van der Waals surface area (Å²) in [6, 6.07) is 74.4. The molecule has 0 aliphatic heterocycles. The molecule has 17 aromatic rings. The molecule has 11 nitrogen and oxygen atoms in total. The summed E-state index contributed by atoms with van der Waals surface area (Å²) in [6.45, 7) is 0. The van der Waals surface area contributed by atoms with Crippen LogP contribution in [0.2, 0.25) is 0 Å². The first kappa shape index (κ1) is 45.6. The van der Waals surface area contributed by atoms with E-state index in [4.69, 9.17) is 34.9 Å². The predicted octanol–water partition coefficient (Wildman–Crippen LogP) is 16.5. The standard InChI is InChI=1S/C71H43N11/c1-3-17-44(18-4-1)56-39-57(45-19-5-2-6-20-45)77-69(76-56)51-26-8-7-25-50(51)66-67(79-58-27-13-9-21-46(58)52-40-72-35-31-62(52)79)70(81-60-29-15-11-23-48(60)54-42-74-37-33-64(54)81)78-71(82-61-30-16-12-24-49(61)55-43-75-38-34-65(55)82)68(66)80-59-28-14-10-22-47(59)53-41-73-36-32-63(53)80/h1-43H. The molecule has 0 atom stereocenters. The summed E-state index contributed by atoms with van der Waals surface area (Å²) in [5.74, 6) is 1.94. The number of hydrogen-bond donors (Lipinski definition) is 0. The van der Waals surface area contributed by atoms with Gasteiger partial charge in [-0.3, -0.25) is 29.1 Å². The zero-order valence-electron chi connectivity index (χ0n) is 43.7. The average Bonchev–Trinajstić information content (AvgIpc) is 1.80. The maximum Gasteiger partial charge on any atom is 0.165 e. The van der Waals surface area contributed by atoms with Crippen molar-refractivity contribution in [2.75, 3.05) is 0 Å². The second-order valence-electron chi connectivity index (χ2n) is 20.6. The van der Waals surface area contributed by atoms with E-state index in [2.05, 4.69) is 218 Å². The van der Waals surface area contributed by atoms with Gasteiger partial charge in [0.15, 0.2) is 17.5 Å². The number of benzene rings is 7. The van der Waals surface area contributed by atoms with Crippen molar-refractivity contribution >= 4 is 87.2 Å². The van der Waals surface area contributed by atoms with Crippen molar-refractivity contribution in [2.45, 2.75) is 0 Å². The summed E-state index contributed by atoms with van der Waals surface area (Å²) in [5.41, 5.74) is 15.5. The van der Waals surface area contributed by atoms with Crippen molar-refractivity contribution in [1.82, 2.24) is 53.2 Å². The lowest BCUT2D eigenvalue weighted by atomic mass is 9.94. The molecular formula is C71H43N11. The van der Waals surface area contributed by atoms with Gasteiger partial charge in [0.2, 0.25) is 0 Å². The molecule has 10 aromatic heterocycles. The molecule has 17 rings (SSSR count). The van der Waals surface area contributed by atoms with Crippen LogP contribution in [0.25, 0.3) is 155 Å². The fourth-order valence-electron chi connectivity index (χ4n) is 12.7. The summed E-state index contributed by atoms with van der Waals surface area (Å²) in [5, 5.41) is 8.22. The second kappa shape index (κ2) is 18.1. The third kappa shape index (κ3) is 6.74. The van der Waals surface area contributed by atoms with Gasteiger partial charge in [-0.1, -0.05) is 158 Å². The number of aromatic nitrogens is 11. The van der Waals surface area contributed by atoms with E-state index >= 15 is 0 Å². The summed E-state index contributed by atoms with van der Waals surface area (Å²) >= 11 is 0. The molecule has 11 heteroatoms. The fraction of sp³-hybridized carbons (Fsp3) is 0. The molecule has 0 fully saturated rings. The molecule has 7 aromatic carbocycles. The van der Waals surface area contributed by atoms with Crippen LogP contribution in [-0.2, 0) is 0 Å². The van der Waals surface area contributed by atoms with Gasteiger partial charge in [-0.2, -0.15) is 0 Å². The molecule has 0 unspecified atom stereocenters. The minimum atomic E-state index is 0.566. The van der Waals surface area contributed by atoms with E-state index < -0.39 is 0 Å². The third-order valence-electron chi connectivity index (χ3n) is 16.2. The number of hydrogen-bond acceptors (Lipinski definition) is 7. The highest BCUT2D eigenvalue weighted by molar-refractivity contribution is 6.16. The highest BCUT2D eigenvalue weighted by Gasteiger charge is 2.34. The summed E-state index contributed by atoms with van der Waals surface area (Å²) < 4.78 is 9.51. The van der Waals surface area contributed by atoms with E-state index in [9.17, 15) is 0 Å². The second-order valence-corrected chi connectivity index (χ2v) is 20.6. The molecule has 0 aliphatic carbocycles. The highest BCUT2D eigenvalue weighted by atomic mass is 15.2. The van der Waals surface area contributed by atoms with Crippen LogP contribution in [0.15, 0.2) is 262 Å². The topological polar surface area (TPSA) is 110 Å². The van der Waals surface area contributed by atoms with Crippen molar-refractivity contribution < 1.29 is 0 Å². The Kier molecular flexibility index (Phi) is 10.0. The molecule has 0 amide bonds. The Labute approximate surface area is 468 Å². The van der Waals surface area contributed by atoms with Gasteiger partial charge < -0.3 is 9.13 Å². The Morgan fingerprint density at radius 1 is 0.256 bits per heavy atom. The monoisotopic (exact) mass is 1050 g/mol. The number of nitrogens with zero attached hydrogens (tertiary/aromatic N) is 11. The summed E-state index contributed by atoms with van der Waals surface area (Å²) in [4.78, 5) is 36.6. The maximum atomic E-state index is 6.37. The lowest BCUT2D eigenvalue weighted by Crippen LogP contribution is -2.16. The van der Waals surface area contributed by atoms with Gasteiger partial charge in [0.05, 0.1) is 55.5 Å². The maximum absolute atomic E-state index is 6.37. The van der Waals surface area contributed by atoms with Gasteiger partial charge in [0.25, 0.3) is 0 Å². The van der Waals surface area contributed by atoms with E-state index in [0.717, 1.165) is 138 Å². The Hall–Kier alpha value is -11.4. The van der Waals surface area contributed by atoms with E-state index in [1.807, 2.05) is 61.7 Å². The zero-order valence-corrected chi connectivity index (χ0v) is 43.7. The number of pyridine rings is 5. The molecule has 0 bridgehead atoms. The van der Waals surface area contributed by atoms with E-state index in [-0.39, 0.29) is 0 Å². The van der Waals surface area contributed by atoms with Crippen LogP contribution in [-0.4, -0.2) is 53.2 Å². The molecule has 0 saturated heterocycles. The van der Waals surface area contributed by atoms with Crippen LogP contribution < -0.4 is 0 Å². The van der Waals surface area contributed by atoms with Gasteiger partial charge in [0.1, 0.15) is 11.4 Å². The van der Waals surface area contributed by atoms with Crippen LogP contribution in [0.4, 0.5) is 0 Å². The fourth-order valence-corrected chi connectivity index (χ4v) is 12.7. The first-order chi connectivity index (χ1) is 40.7. The van der Waals surface area contributed by atoms with Gasteiger partial charge in [0, 0.05) is 115 Å². The van der Waals surface area contributed by atoms with Crippen molar-refractivity contribution in [3.63, 3.8) is 0 Å². The molecule has 0 saturated carbocycles. The minimum absolute atomic E-state index is 0.566. The minimum Gasteiger partial charge on any atom is -0.305 e. The Morgan fingerprint density at radius 3 is 0.976 bits per heavy atom. The molecular weight excluding hydrogens is 1010 g/mol. The van der Waals surface area contributed by atoms with Crippen LogP contribution in [0.1, 0.15) is 0 Å². The molecule has 82 heavy (non-hydrogen) atoms. The summed E-state index contributed by atoms with van der Waals surface area (Å²) in [7, 11) is 0. The average molecular weight is 1050 g/mol. The van der Waals surface area contributed by atoms with Crippen LogP contribution in [0.5, 0.6) is 0 Å². The van der Waals surface area contributed by atoms with E-state index in [1.165, 1.54) is 0 Å². The summed E-state index contributed by atoms with van der Waals surface area (Å²) in [6.07, 6.45) is 15.4. The van der Waals surface area contributed by atoms with Crippen LogP contribution >= 0.6 is 0 Å². The third-order valence-corrected chi connectivity index (χ3v) is 16.2. The predicted molar refractivity (Wildman–Crippen MR) is 330 cm³/mol. The molecule has 0 radical (unpaired) electrons. The first-order valence-corrected chi connectivity index (χ1v) is 27.3. The zero-order chi connectivity index (χ0) is 53.8. The van der Waals surface area contributed by atoms with Crippen molar-refractivity contribution in [1.29, 1.82) is 0 Å². The van der Waals surface area contributed by atoms with Gasteiger partial charge in [-0.25, -0.2) is 15.0 Å². The van der Waals surface area contributed by atoms with Crippen molar-refractivity contribution in [3.8, 4) is 68.0 Å². The Balaban J connectivity index is 1.17. The molecule has 10 heterocycles. The van der Waals surface area contributed by atoms with E-state index in [0.29, 0.717) is 17.5 Å². The van der Waals surface area contributed by atoms with Crippen molar-refractivity contribution in [2.24, 2.45) is 0 Å². The molecule has 0 spiro atoms. The number of fused-ring (bicyclic) bond motifs is 12. The highest BCUT2D eigenvalue weighted by Crippen LogP contribution is 2.50.